The van der Waals surface area contributed by atoms with E-state index in [1.807, 2.05) is 6.07 Å². The van der Waals surface area contributed by atoms with Gasteiger partial charge < -0.3 is 20.9 Å². The first-order valence-corrected chi connectivity index (χ1v) is 6.96. The minimum atomic E-state index is -0.126. The predicted octanol–water partition coefficient (Wildman–Crippen LogP) is 1.10. The number of nitrogen functional groups attached to an aromatic ring is 1. The summed E-state index contributed by atoms with van der Waals surface area (Å²) in [7, 11) is 1.76. The fourth-order valence-corrected chi connectivity index (χ4v) is 2.72. The fourth-order valence-electron chi connectivity index (χ4n) is 2.72. The first kappa shape index (κ1) is 13.5. The summed E-state index contributed by atoms with van der Waals surface area (Å²) < 4.78 is 0. The topological polar surface area (TPSA) is 91.2 Å². The van der Waals surface area contributed by atoms with E-state index < -0.39 is 0 Å². The van der Waals surface area contributed by atoms with Crippen LogP contribution >= 0.6 is 0 Å². The zero-order valence-electron chi connectivity index (χ0n) is 11.8. The Morgan fingerprint density at radius 2 is 2.29 bits per heavy atom. The second-order valence-electron chi connectivity index (χ2n) is 5.49. The van der Waals surface area contributed by atoms with Crippen LogP contribution in [-0.4, -0.2) is 41.3 Å². The van der Waals surface area contributed by atoms with Crippen molar-refractivity contribution in [3.8, 4) is 0 Å². The van der Waals surface area contributed by atoms with E-state index in [1.165, 1.54) is 0 Å². The van der Waals surface area contributed by atoms with Crippen molar-refractivity contribution in [1.29, 1.82) is 0 Å². The molecular formula is C15H18N4O2. The Bertz CT molecular complexity index is 707. The number of aromatic nitrogens is 1. The molecule has 1 aliphatic heterocycles. The minimum absolute atomic E-state index is 0.000989. The molecule has 6 heteroatoms. The summed E-state index contributed by atoms with van der Waals surface area (Å²) in [6, 6.07) is 5.42. The molecule has 2 amide bonds. The molecule has 110 valence electrons. The summed E-state index contributed by atoms with van der Waals surface area (Å²) >= 11 is 0. The molecule has 1 aromatic carbocycles. The molecule has 1 atom stereocenters. The molecule has 1 unspecified atom stereocenters. The van der Waals surface area contributed by atoms with Gasteiger partial charge in [0, 0.05) is 48.8 Å². The number of hydrogen-bond donors (Lipinski definition) is 3. The van der Waals surface area contributed by atoms with E-state index in [2.05, 4.69) is 10.3 Å². The van der Waals surface area contributed by atoms with Crippen LogP contribution in [0.2, 0.25) is 0 Å². The number of likely N-dealkylation sites (N-methyl/N-ethyl adjacent to an activating group) is 1. The highest BCUT2D eigenvalue weighted by atomic mass is 16.2. The molecule has 2 aromatic rings. The van der Waals surface area contributed by atoms with Gasteiger partial charge in [-0.15, -0.1) is 0 Å². The lowest BCUT2D eigenvalue weighted by Gasteiger charge is -2.30. The number of nitrogens with zero attached hydrogens (tertiary/aromatic N) is 1. The third kappa shape index (κ3) is 2.56. The lowest BCUT2D eigenvalue weighted by molar-refractivity contribution is -0.132. The van der Waals surface area contributed by atoms with Gasteiger partial charge in [0.15, 0.2) is 0 Å². The van der Waals surface area contributed by atoms with Gasteiger partial charge in [-0.2, -0.15) is 0 Å². The van der Waals surface area contributed by atoms with Gasteiger partial charge in [0.25, 0.3) is 5.91 Å². The Morgan fingerprint density at radius 3 is 3.05 bits per heavy atom. The van der Waals surface area contributed by atoms with E-state index in [-0.39, 0.29) is 17.9 Å². The Balaban J connectivity index is 1.77. The quantitative estimate of drug-likeness (QED) is 0.722. The highest BCUT2D eigenvalue weighted by Gasteiger charge is 2.25. The van der Waals surface area contributed by atoms with Crippen molar-refractivity contribution in [3.63, 3.8) is 0 Å². The van der Waals surface area contributed by atoms with Crippen molar-refractivity contribution in [2.45, 2.75) is 18.9 Å². The SMILES string of the molecule is CN1CC(NC(=O)c2c[nH]c3cc(N)ccc23)CCC1=O. The van der Waals surface area contributed by atoms with Crippen molar-refractivity contribution in [1.82, 2.24) is 15.2 Å². The van der Waals surface area contributed by atoms with Crippen LogP contribution in [0, 0.1) is 0 Å². The number of likely N-dealkylation sites (tertiary alicyclic amines) is 1. The molecule has 1 aliphatic rings. The number of piperidine rings is 1. The summed E-state index contributed by atoms with van der Waals surface area (Å²) in [5, 5.41) is 3.84. The summed E-state index contributed by atoms with van der Waals surface area (Å²) in [6.45, 7) is 0.555. The van der Waals surface area contributed by atoms with Gasteiger partial charge in [-0.25, -0.2) is 0 Å². The Morgan fingerprint density at radius 1 is 1.48 bits per heavy atom. The number of hydrogen-bond acceptors (Lipinski definition) is 3. The number of carbonyl (C=O) groups excluding carboxylic acids is 2. The zero-order chi connectivity index (χ0) is 15.0. The highest BCUT2D eigenvalue weighted by Crippen LogP contribution is 2.21. The average molecular weight is 286 g/mol. The summed E-state index contributed by atoms with van der Waals surface area (Å²) in [4.78, 5) is 28.6. The first-order chi connectivity index (χ1) is 10.0. The molecule has 0 bridgehead atoms. The molecule has 0 aliphatic carbocycles. The molecule has 21 heavy (non-hydrogen) atoms. The maximum atomic E-state index is 12.4. The van der Waals surface area contributed by atoms with Crippen molar-refractivity contribution >= 4 is 28.4 Å². The van der Waals surface area contributed by atoms with Gasteiger partial charge in [0.1, 0.15) is 0 Å². The second kappa shape index (κ2) is 5.12. The Hall–Kier alpha value is -2.50. The second-order valence-corrected chi connectivity index (χ2v) is 5.49. The fraction of sp³-hybridized carbons (Fsp3) is 0.333. The predicted molar refractivity (Wildman–Crippen MR) is 80.8 cm³/mol. The zero-order valence-corrected chi connectivity index (χ0v) is 11.8. The van der Waals surface area contributed by atoms with Crippen LogP contribution in [0.5, 0.6) is 0 Å². The summed E-state index contributed by atoms with van der Waals surface area (Å²) in [6.07, 6.45) is 2.85. The molecule has 2 heterocycles. The third-order valence-corrected chi connectivity index (χ3v) is 3.91. The van der Waals surface area contributed by atoms with E-state index in [0.717, 1.165) is 10.9 Å². The number of anilines is 1. The normalized spacial score (nSPS) is 19.0. The lowest BCUT2D eigenvalue weighted by atomic mass is 10.0. The summed E-state index contributed by atoms with van der Waals surface area (Å²) in [5.41, 5.74) is 7.83. The van der Waals surface area contributed by atoms with E-state index in [1.54, 1.807) is 30.3 Å². The number of amides is 2. The van der Waals surface area contributed by atoms with Gasteiger partial charge >= 0.3 is 0 Å². The minimum Gasteiger partial charge on any atom is -0.399 e. The van der Waals surface area contributed by atoms with Crippen molar-refractivity contribution in [2.24, 2.45) is 0 Å². The Labute approximate surface area is 122 Å². The monoisotopic (exact) mass is 286 g/mol. The molecule has 1 aromatic heterocycles. The van der Waals surface area contributed by atoms with Crippen LogP contribution in [0.15, 0.2) is 24.4 Å². The van der Waals surface area contributed by atoms with Crippen LogP contribution in [0.1, 0.15) is 23.2 Å². The number of H-pyrrole nitrogens is 1. The molecule has 6 nitrogen and oxygen atoms in total. The maximum absolute atomic E-state index is 12.4. The van der Waals surface area contributed by atoms with Crippen molar-refractivity contribution in [3.05, 3.63) is 30.0 Å². The number of rotatable bonds is 2. The van der Waals surface area contributed by atoms with E-state index in [9.17, 15) is 9.59 Å². The van der Waals surface area contributed by atoms with Crippen LogP contribution in [0.4, 0.5) is 5.69 Å². The van der Waals surface area contributed by atoms with Gasteiger partial charge in [-0.3, -0.25) is 9.59 Å². The van der Waals surface area contributed by atoms with E-state index in [0.29, 0.717) is 30.6 Å². The van der Waals surface area contributed by atoms with Crippen LogP contribution in [0.3, 0.4) is 0 Å². The smallest absolute Gasteiger partial charge is 0.253 e. The first-order valence-electron chi connectivity index (χ1n) is 6.96. The molecule has 0 saturated carbocycles. The van der Waals surface area contributed by atoms with E-state index >= 15 is 0 Å². The Kier molecular flexibility index (Phi) is 3.29. The van der Waals surface area contributed by atoms with Crippen LogP contribution in [-0.2, 0) is 4.79 Å². The highest BCUT2D eigenvalue weighted by molar-refractivity contribution is 6.07. The van der Waals surface area contributed by atoms with Gasteiger partial charge in [-0.05, 0) is 24.6 Å². The molecule has 1 fully saturated rings. The molecule has 0 spiro atoms. The average Bonchev–Trinajstić information content (AvgIpc) is 2.85. The van der Waals surface area contributed by atoms with Crippen molar-refractivity contribution in [2.75, 3.05) is 19.3 Å². The molecule has 4 N–H and O–H groups in total. The van der Waals surface area contributed by atoms with E-state index in [4.69, 9.17) is 5.73 Å². The number of aromatic amines is 1. The van der Waals surface area contributed by atoms with Gasteiger partial charge in [0.05, 0.1) is 5.56 Å². The largest absolute Gasteiger partial charge is 0.399 e. The molecule has 0 radical (unpaired) electrons. The number of nitrogens with one attached hydrogen (secondary N) is 2. The van der Waals surface area contributed by atoms with Gasteiger partial charge in [0.2, 0.25) is 5.91 Å². The summed E-state index contributed by atoms with van der Waals surface area (Å²) in [5.74, 6) is 0.00170. The van der Waals surface area contributed by atoms with Crippen molar-refractivity contribution < 1.29 is 9.59 Å². The maximum Gasteiger partial charge on any atom is 0.253 e. The number of nitrogens with two attached hydrogens (primary N) is 1. The molecule has 3 rings (SSSR count). The molecule has 1 saturated heterocycles. The third-order valence-electron chi connectivity index (χ3n) is 3.91. The lowest BCUT2D eigenvalue weighted by Crippen LogP contribution is -2.48. The van der Waals surface area contributed by atoms with Gasteiger partial charge in [-0.1, -0.05) is 0 Å². The number of benzene rings is 1. The molecular weight excluding hydrogens is 268 g/mol. The number of carbonyl (C=O) groups is 2. The number of fused-ring (bicyclic) bond motifs is 1. The standard InChI is InChI=1S/C15H18N4O2/c1-19-8-10(3-5-14(19)20)18-15(21)12-7-17-13-6-9(16)2-4-11(12)13/h2,4,6-7,10,17H,3,5,8,16H2,1H3,(H,18,21). The van der Waals surface area contributed by atoms with Crippen LogP contribution < -0.4 is 11.1 Å². The van der Waals surface area contributed by atoms with Crippen LogP contribution in [0.25, 0.3) is 10.9 Å².